The van der Waals surface area contributed by atoms with Gasteiger partial charge >= 0.3 is 6.03 Å². The van der Waals surface area contributed by atoms with Gasteiger partial charge in [-0.2, -0.15) is 5.10 Å². The number of amides is 3. The van der Waals surface area contributed by atoms with Gasteiger partial charge in [0.1, 0.15) is 0 Å². The van der Waals surface area contributed by atoms with Crippen LogP contribution in [-0.2, 0) is 4.74 Å². The predicted molar refractivity (Wildman–Crippen MR) is 125 cm³/mol. The lowest BCUT2D eigenvalue weighted by Gasteiger charge is -2.38. The first kappa shape index (κ1) is 23.4. The van der Waals surface area contributed by atoms with E-state index in [-0.39, 0.29) is 29.8 Å². The van der Waals surface area contributed by atoms with E-state index in [4.69, 9.17) is 16.3 Å². The fourth-order valence-electron chi connectivity index (χ4n) is 4.29. The number of ether oxygens (including phenoxy) is 1. The molecule has 3 amide bonds. The van der Waals surface area contributed by atoms with E-state index in [9.17, 15) is 14.0 Å². The number of carbonyl (C=O) groups excluding carboxylic acids is 2. The second kappa shape index (κ2) is 9.70. The van der Waals surface area contributed by atoms with E-state index in [1.165, 1.54) is 9.91 Å². The molecule has 35 heavy (non-hydrogen) atoms. The summed E-state index contributed by atoms with van der Waals surface area (Å²) in [5, 5.41) is 6.23. The highest BCUT2D eigenvalue weighted by Crippen LogP contribution is 2.30. The number of pyridine rings is 1. The van der Waals surface area contributed by atoms with Crippen molar-refractivity contribution in [1.82, 2.24) is 29.8 Å². The minimum absolute atomic E-state index is 0.0383. The molecule has 1 atom stereocenters. The van der Waals surface area contributed by atoms with E-state index in [1.54, 1.807) is 36.7 Å². The van der Waals surface area contributed by atoms with Crippen molar-refractivity contribution in [1.29, 1.82) is 0 Å². The Morgan fingerprint density at radius 1 is 1.11 bits per heavy atom. The maximum Gasteiger partial charge on any atom is 0.341 e. The van der Waals surface area contributed by atoms with Crippen molar-refractivity contribution in [3.8, 4) is 0 Å². The van der Waals surface area contributed by atoms with Crippen LogP contribution in [0.3, 0.4) is 0 Å². The van der Waals surface area contributed by atoms with Gasteiger partial charge in [-0.25, -0.2) is 24.2 Å². The Hall–Kier alpha value is -3.38. The number of rotatable bonds is 4. The second-order valence-electron chi connectivity index (χ2n) is 8.52. The topological polar surface area (TPSA) is 107 Å². The van der Waals surface area contributed by atoms with Crippen molar-refractivity contribution in [2.75, 3.05) is 51.3 Å². The summed E-state index contributed by atoms with van der Waals surface area (Å²) in [5.74, 6) is -0.990. The van der Waals surface area contributed by atoms with Crippen molar-refractivity contribution in [2.45, 2.75) is 18.6 Å². The molecule has 0 aliphatic carbocycles. The zero-order valence-electron chi connectivity index (χ0n) is 19.0. The van der Waals surface area contributed by atoms with Gasteiger partial charge in [-0.3, -0.25) is 9.78 Å². The Labute approximate surface area is 206 Å². The van der Waals surface area contributed by atoms with Crippen molar-refractivity contribution >= 4 is 35.7 Å². The molecule has 5 rings (SSSR count). The van der Waals surface area contributed by atoms with Crippen LogP contribution >= 0.6 is 11.6 Å². The molecular formula is C22H24ClFN8O3. The molecule has 0 N–H and O–H groups in total. The van der Waals surface area contributed by atoms with Crippen LogP contribution < -0.4 is 4.90 Å². The lowest BCUT2D eigenvalue weighted by atomic mass is 10.1. The summed E-state index contributed by atoms with van der Waals surface area (Å²) in [6, 6.07) is 1.30. The maximum atomic E-state index is 14.3. The molecule has 5 heterocycles. The highest BCUT2D eigenvalue weighted by atomic mass is 35.5. The van der Waals surface area contributed by atoms with Gasteiger partial charge in [-0.15, -0.1) is 0 Å². The van der Waals surface area contributed by atoms with Gasteiger partial charge in [0, 0.05) is 71.4 Å². The molecule has 11 nitrogen and oxygen atoms in total. The fourth-order valence-corrected chi connectivity index (χ4v) is 4.47. The third-order valence-electron chi connectivity index (χ3n) is 6.37. The predicted octanol–water partition coefficient (Wildman–Crippen LogP) is 1.81. The highest BCUT2D eigenvalue weighted by molar-refractivity contribution is 6.30. The van der Waals surface area contributed by atoms with Gasteiger partial charge in [0.25, 0.3) is 5.91 Å². The molecule has 184 valence electrons. The Morgan fingerprint density at radius 3 is 2.60 bits per heavy atom. The van der Waals surface area contributed by atoms with Crippen LogP contribution in [0.1, 0.15) is 28.5 Å². The van der Waals surface area contributed by atoms with E-state index in [2.05, 4.69) is 20.1 Å². The lowest BCUT2D eigenvalue weighted by molar-refractivity contribution is -0.0197. The quantitative estimate of drug-likeness (QED) is 0.627. The van der Waals surface area contributed by atoms with E-state index >= 15 is 0 Å². The molecule has 0 spiro atoms. The molecule has 0 aromatic carbocycles. The van der Waals surface area contributed by atoms with E-state index in [0.29, 0.717) is 50.7 Å². The average Bonchev–Trinajstić information content (AvgIpc) is 3.33. The molecule has 2 saturated heterocycles. The van der Waals surface area contributed by atoms with E-state index in [0.717, 1.165) is 11.8 Å². The summed E-state index contributed by atoms with van der Waals surface area (Å²) in [6.07, 6.45) is 6.49. The number of urea groups is 1. The summed E-state index contributed by atoms with van der Waals surface area (Å²) < 4.78 is 19.5. The van der Waals surface area contributed by atoms with Crippen LogP contribution in [0.2, 0.25) is 5.02 Å². The number of hydrazone groups is 1. The molecule has 1 unspecified atom stereocenters. The van der Waals surface area contributed by atoms with Crippen LogP contribution in [0.4, 0.5) is 15.1 Å². The van der Waals surface area contributed by atoms with Gasteiger partial charge in [-0.05, 0) is 11.6 Å². The number of carbonyl (C=O) groups is 2. The van der Waals surface area contributed by atoms with Crippen LogP contribution in [-0.4, -0.2) is 100 Å². The minimum atomic E-state index is -0.762. The zero-order chi connectivity index (χ0) is 24.5. The molecule has 2 aromatic heterocycles. The molecule has 13 heteroatoms. The zero-order valence-corrected chi connectivity index (χ0v) is 19.8. The fraction of sp³-hybridized carbons (Fsp3) is 0.455. The number of piperazine rings is 1. The summed E-state index contributed by atoms with van der Waals surface area (Å²) in [5.41, 5.74) is 0.561. The number of nitrogens with zero attached hydrogens (tertiary/aromatic N) is 8. The average molecular weight is 503 g/mol. The minimum Gasteiger partial charge on any atom is -0.378 e. The summed E-state index contributed by atoms with van der Waals surface area (Å²) >= 11 is 6.07. The first-order chi connectivity index (χ1) is 16.9. The number of hydrogen-bond acceptors (Lipinski definition) is 8. The van der Waals surface area contributed by atoms with Crippen LogP contribution in [0.5, 0.6) is 0 Å². The second-order valence-corrected chi connectivity index (χ2v) is 8.96. The first-order valence-electron chi connectivity index (χ1n) is 11.2. The van der Waals surface area contributed by atoms with Gasteiger partial charge in [-0.1, -0.05) is 11.6 Å². The maximum absolute atomic E-state index is 14.3. The number of halogens is 2. The van der Waals surface area contributed by atoms with Crippen molar-refractivity contribution < 1.29 is 18.7 Å². The van der Waals surface area contributed by atoms with Gasteiger partial charge in [0.15, 0.2) is 11.5 Å². The normalized spacial score (nSPS) is 20.4. The molecule has 2 fully saturated rings. The van der Waals surface area contributed by atoms with E-state index < -0.39 is 11.7 Å². The third kappa shape index (κ3) is 4.63. The molecule has 0 saturated carbocycles. The van der Waals surface area contributed by atoms with Crippen LogP contribution in [0.15, 0.2) is 29.8 Å². The Morgan fingerprint density at radius 2 is 1.89 bits per heavy atom. The van der Waals surface area contributed by atoms with Crippen molar-refractivity contribution in [3.63, 3.8) is 0 Å². The number of aromatic nitrogens is 3. The van der Waals surface area contributed by atoms with Gasteiger partial charge in [0.05, 0.1) is 23.4 Å². The molecule has 2 aromatic rings. The van der Waals surface area contributed by atoms with Gasteiger partial charge < -0.3 is 19.4 Å². The smallest absolute Gasteiger partial charge is 0.341 e. The monoisotopic (exact) mass is 502 g/mol. The lowest BCUT2D eigenvalue weighted by Crippen LogP contribution is -2.55. The molecule has 0 bridgehead atoms. The first-order valence-corrected chi connectivity index (χ1v) is 11.6. The number of hydrogen-bond donors (Lipinski definition) is 0. The highest BCUT2D eigenvalue weighted by Gasteiger charge is 2.35. The van der Waals surface area contributed by atoms with Crippen LogP contribution in [0.25, 0.3) is 0 Å². The standard InChI is InChI=1S/C22H24ClFN8O3/c1-35-16-12-31(13-16)20(33)19-17(24)11-26-21(28-19)29-4-6-30(7-5-29)22(34)32-18(2-3-27-32)14-8-15(23)10-25-9-14/h3,8-11,16,18H,2,4-7,12-13H2,1H3. The SMILES string of the molecule is COC1CN(C(=O)c2nc(N3CCN(C(=O)N4N=CCC4c4cncc(Cl)c4)CC3)ncc2F)C1. The Kier molecular flexibility index (Phi) is 6.48. The largest absolute Gasteiger partial charge is 0.378 e. The molecule has 0 radical (unpaired) electrons. The van der Waals surface area contributed by atoms with Gasteiger partial charge in [0.2, 0.25) is 5.95 Å². The molecule has 3 aliphatic heterocycles. The number of likely N-dealkylation sites (tertiary alicyclic amines) is 1. The number of methoxy groups -OCH3 is 1. The third-order valence-corrected chi connectivity index (χ3v) is 6.58. The van der Waals surface area contributed by atoms with Crippen LogP contribution in [0, 0.1) is 5.82 Å². The van der Waals surface area contributed by atoms with Crippen molar-refractivity contribution in [3.05, 3.63) is 46.8 Å². The number of anilines is 1. The molecular weight excluding hydrogens is 479 g/mol. The van der Waals surface area contributed by atoms with E-state index in [1.807, 2.05) is 4.90 Å². The Balaban J connectivity index is 1.22. The van der Waals surface area contributed by atoms with Crippen molar-refractivity contribution in [2.24, 2.45) is 5.10 Å². The summed E-state index contributed by atoms with van der Waals surface area (Å²) in [4.78, 5) is 43.2. The summed E-state index contributed by atoms with van der Waals surface area (Å²) in [6.45, 7) is 2.47. The molecule has 3 aliphatic rings. The summed E-state index contributed by atoms with van der Waals surface area (Å²) in [7, 11) is 1.57. The Bertz CT molecular complexity index is 1150.